The first-order valence-electron chi connectivity index (χ1n) is 17.0. The van der Waals surface area contributed by atoms with E-state index >= 15 is 0 Å². The topological polar surface area (TPSA) is 162 Å². The number of aryl methyl sites for hydroxylation is 1. The van der Waals surface area contributed by atoms with E-state index in [2.05, 4.69) is 0 Å². The number of fused-ring (bicyclic) bond motifs is 1. The predicted molar refractivity (Wildman–Crippen MR) is 198 cm³/mol. The zero-order valence-corrected chi connectivity index (χ0v) is 30.8. The number of benzene rings is 3. The Hall–Kier alpha value is -5.26. The van der Waals surface area contributed by atoms with Gasteiger partial charge in [0.2, 0.25) is 5.91 Å². The van der Waals surface area contributed by atoms with Gasteiger partial charge in [-0.1, -0.05) is 12.1 Å². The number of carbonyl (C=O) groups excluding carboxylic acids is 6. The smallest absolute Gasteiger partial charge is 0.254 e. The lowest BCUT2D eigenvalue weighted by molar-refractivity contribution is -0.130. The molecule has 0 aliphatic rings. The van der Waals surface area contributed by atoms with E-state index in [1.807, 2.05) is 40.4 Å². The number of ketones is 1. The third-order valence-corrected chi connectivity index (χ3v) is 8.71. The van der Waals surface area contributed by atoms with Crippen LogP contribution in [0.1, 0.15) is 95.9 Å². The highest BCUT2D eigenvalue weighted by Crippen LogP contribution is 2.37. The normalized spacial score (nSPS) is 10.2. The van der Waals surface area contributed by atoms with Gasteiger partial charge in [0.1, 0.15) is 19.3 Å². The molecule has 3 aromatic rings. The van der Waals surface area contributed by atoms with Crippen LogP contribution in [0, 0.1) is 6.92 Å². The van der Waals surface area contributed by atoms with Crippen LogP contribution in [0.5, 0.6) is 17.2 Å². The highest BCUT2D eigenvalue weighted by molar-refractivity contribution is 6.11. The van der Waals surface area contributed by atoms with Crippen molar-refractivity contribution in [1.29, 1.82) is 0 Å². The predicted octanol–water partition coefficient (Wildman–Crippen LogP) is 5.82. The minimum atomic E-state index is -0.290. The van der Waals surface area contributed by atoms with Crippen LogP contribution in [0.4, 0.5) is 0 Å². The van der Waals surface area contributed by atoms with Gasteiger partial charge in [0.05, 0.1) is 23.8 Å². The maximum Gasteiger partial charge on any atom is 0.254 e. The zero-order valence-electron chi connectivity index (χ0n) is 30.8. The molecule has 0 aliphatic heterocycles. The summed E-state index contributed by atoms with van der Waals surface area (Å²) in [5, 5.41) is 21.7. The van der Waals surface area contributed by atoms with Crippen molar-refractivity contribution in [2.45, 2.75) is 66.2 Å². The van der Waals surface area contributed by atoms with Gasteiger partial charge in [0, 0.05) is 58.2 Å². The Morgan fingerprint density at radius 2 is 1.27 bits per heavy atom. The average Bonchev–Trinajstić information content (AvgIpc) is 3.16. The van der Waals surface area contributed by atoms with E-state index in [-0.39, 0.29) is 46.1 Å². The van der Waals surface area contributed by atoms with Gasteiger partial charge >= 0.3 is 0 Å². The van der Waals surface area contributed by atoms with Crippen molar-refractivity contribution >= 4 is 47.9 Å². The van der Waals surface area contributed by atoms with Crippen molar-refractivity contribution < 1.29 is 43.7 Å². The summed E-state index contributed by atoms with van der Waals surface area (Å²) in [6.45, 7) is 13.7. The van der Waals surface area contributed by atoms with Crippen LogP contribution >= 0.6 is 0 Å². The number of aromatic hydroxyl groups is 2. The van der Waals surface area contributed by atoms with Crippen molar-refractivity contribution in [2.24, 2.45) is 0 Å². The number of rotatable bonds is 17. The number of carbonyl (C=O) groups is 6. The Kier molecular flexibility index (Phi) is 19.3. The molecule has 2 N–H and O–H groups in total. The van der Waals surface area contributed by atoms with E-state index in [0.29, 0.717) is 98.9 Å². The molecule has 0 spiro atoms. The Morgan fingerprint density at radius 1 is 0.725 bits per heavy atom. The third-order valence-electron chi connectivity index (χ3n) is 8.71. The van der Waals surface area contributed by atoms with Gasteiger partial charge < -0.3 is 39.2 Å². The molecule has 0 heterocycles. The summed E-state index contributed by atoms with van der Waals surface area (Å²) < 4.78 is 5.27. The highest BCUT2D eigenvalue weighted by atomic mass is 16.5. The Labute approximate surface area is 301 Å². The molecular formula is C39H53N3O9. The first kappa shape index (κ1) is 43.8. The van der Waals surface area contributed by atoms with E-state index in [4.69, 9.17) is 14.3 Å². The van der Waals surface area contributed by atoms with Crippen molar-refractivity contribution in [2.75, 3.05) is 46.9 Å². The van der Waals surface area contributed by atoms with Crippen LogP contribution in [-0.4, -0.2) is 109 Å². The fraction of sp³-hybridized carbons (Fsp3) is 0.436. The van der Waals surface area contributed by atoms with Crippen LogP contribution in [-0.2, 0) is 14.4 Å². The molecule has 0 fully saturated rings. The summed E-state index contributed by atoms with van der Waals surface area (Å²) in [6, 6.07) is 11.8. The molecule has 51 heavy (non-hydrogen) atoms. The van der Waals surface area contributed by atoms with Gasteiger partial charge in [-0.05, 0) is 94.5 Å². The summed E-state index contributed by atoms with van der Waals surface area (Å²) >= 11 is 0. The maximum absolute atomic E-state index is 13.9. The van der Waals surface area contributed by atoms with Crippen LogP contribution < -0.4 is 4.74 Å². The fourth-order valence-corrected chi connectivity index (χ4v) is 5.74. The van der Waals surface area contributed by atoms with Crippen molar-refractivity contribution in [3.05, 3.63) is 64.7 Å². The number of amides is 3. The van der Waals surface area contributed by atoms with Crippen LogP contribution in [0.2, 0.25) is 0 Å². The summed E-state index contributed by atoms with van der Waals surface area (Å²) in [5.74, 6) is -0.537. The van der Waals surface area contributed by atoms with E-state index < -0.39 is 0 Å². The van der Waals surface area contributed by atoms with Crippen LogP contribution in [0.3, 0.4) is 0 Å². The molecule has 3 amide bonds. The minimum absolute atomic E-state index is 0.000864. The molecule has 278 valence electrons. The van der Waals surface area contributed by atoms with E-state index in [0.717, 1.165) is 0 Å². The number of Topliss-reactive ketones (excluding diaryl/α,β-unsaturated/α-hetero) is 1. The van der Waals surface area contributed by atoms with Gasteiger partial charge in [-0.3, -0.25) is 19.2 Å². The van der Waals surface area contributed by atoms with E-state index in [1.165, 1.54) is 13.2 Å². The second kappa shape index (κ2) is 22.5. The van der Waals surface area contributed by atoms with Crippen LogP contribution in [0.15, 0.2) is 42.5 Å². The summed E-state index contributed by atoms with van der Waals surface area (Å²) in [6.07, 6.45) is 3.27. The highest BCUT2D eigenvalue weighted by Gasteiger charge is 2.26. The van der Waals surface area contributed by atoms with Gasteiger partial charge in [-0.15, -0.1) is 0 Å². The lowest BCUT2D eigenvalue weighted by Gasteiger charge is -2.25. The summed E-state index contributed by atoms with van der Waals surface area (Å²) in [5.41, 5.74) is 1.49. The van der Waals surface area contributed by atoms with Crippen molar-refractivity contribution in [1.82, 2.24) is 14.7 Å². The molecule has 12 nitrogen and oxygen atoms in total. The molecule has 3 rings (SSSR count). The molecule has 0 unspecified atom stereocenters. The number of methoxy groups -OCH3 is 1. The van der Waals surface area contributed by atoms with Crippen LogP contribution in [0.25, 0.3) is 10.8 Å². The largest absolute Gasteiger partial charge is 0.504 e. The van der Waals surface area contributed by atoms with Gasteiger partial charge in [0.25, 0.3) is 11.8 Å². The minimum Gasteiger partial charge on any atom is -0.504 e. The average molecular weight is 708 g/mol. The first-order valence-corrected chi connectivity index (χ1v) is 17.0. The number of unbranched alkanes of at least 4 members (excludes halogenated alkanes) is 2. The number of hydrogen-bond donors (Lipinski definition) is 2. The number of phenolic OH excluding ortho intramolecular Hbond substituents is 2. The summed E-state index contributed by atoms with van der Waals surface area (Å²) in [7, 11) is 3.30. The number of phenols is 2. The number of ether oxygens (including phenoxy) is 1. The number of para-hydroxylation sites is 1. The Balaban J connectivity index is 0.00000313. The summed E-state index contributed by atoms with van der Waals surface area (Å²) in [4.78, 5) is 73.7. The molecular weight excluding hydrogens is 654 g/mol. The molecule has 0 radical (unpaired) electrons. The van der Waals surface area contributed by atoms with E-state index in [9.17, 15) is 29.4 Å². The molecule has 0 saturated heterocycles. The quantitative estimate of drug-likeness (QED) is 0.1000. The lowest BCUT2D eigenvalue weighted by atomic mass is 9.95. The van der Waals surface area contributed by atoms with Gasteiger partial charge in [-0.2, -0.15) is 0 Å². The number of nitrogens with zero attached hydrogens (tertiary/aromatic N) is 3. The molecule has 0 aliphatic carbocycles. The Morgan fingerprint density at radius 3 is 1.88 bits per heavy atom. The second-order valence-electron chi connectivity index (χ2n) is 11.7. The lowest BCUT2D eigenvalue weighted by Crippen LogP contribution is -2.36. The maximum atomic E-state index is 13.9. The standard InChI is InChI=1S/C37H49N3O7.2CH2O/c1-7-39(8-2)36(45)30-24-28-25(4)35(44)32(42)23-26(28)22-29(30)37(46)40(9-3)21-15-14-20-38(5)34(43)19-13-11-17-31(41)27-16-10-12-18-33(27)47-6;2*1-2/h10,12,16,18,22-24,42,44H,7-9,11,13-15,17,19-21H2,1-6H3;2*1H2. The molecule has 0 bridgehead atoms. The van der Waals surface area contributed by atoms with E-state index in [1.54, 1.807) is 59.0 Å². The third kappa shape index (κ3) is 11.7. The van der Waals surface area contributed by atoms with Crippen molar-refractivity contribution in [3.63, 3.8) is 0 Å². The first-order chi connectivity index (χ1) is 24.5. The number of hydrogen-bond acceptors (Lipinski definition) is 9. The van der Waals surface area contributed by atoms with Gasteiger partial charge in [-0.25, -0.2) is 0 Å². The molecule has 12 heteroatoms. The monoisotopic (exact) mass is 707 g/mol. The van der Waals surface area contributed by atoms with Gasteiger partial charge in [0.15, 0.2) is 17.3 Å². The SMILES string of the molecule is C=O.C=O.CCN(CC)C(=O)c1cc2c(C)c(O)c(O)cc2cc1C(=O)N(CC)CCCCN(C)C(=O)CCCCC(=O)c1ccccc1OC. The molecule has 3 aromatic carbocycles. The molecule has 0 aromatic heterocycles. The fourth-order valence-electron chi connectivity index (χ4n) is 5.74. The zero-order chi connectivity index (χ0) is 38.7. The molecule has 0 saturated carbocycles. The van der Waals surface area contributed by atoms with Crippen molar-refractivity contribution in [3.8, 4) is 17.2 Å². The Bertz CT molecular complexity index is 1620. The molecule has 0 atom stereocenters. The second-order valence-corrected chi connectivity index (χ2v) is 11.7.